The van der Waals surface area contributed by atoms with Crippen LogP contribution >= 0.6 is 0 Å². The normalized spacial score (nSPS) is 19.0. The van der Waals surface area contributed by atoms with Crippen molar-refractivity contribution in [1.82, 2.24) is 0 Å². The van der Waals surface area contributed by atoms with Crippen molar-refractivity contribution >= 4 is 19.8 Å². The van der Waals surface area contributed by atoms with Crippen molar-refractivity contribution in [2.75, 3.05) is 0 Å². The lowest BCUT2D eigenvalue weighted by molar-refractivity contribution is 0.570. The first-order valence-electron chi connectivity index (χ1n) is 4.12. The van der Waals surface area contributed by atoms with Crippen molar-refractivity contribution in [3.8, 4) is 0 Å². The third kappa shape index (κ3) is 4.91. The van der Waals surface area contributed by atoms with E-state index >= 15 is 0 Å². The van der Waals surface area contributed by atoms with Gasteiger partial charge in [-0.25, -0.2) is 0 Å². The quantitative estimate of drug-likeness (QED) is 0.538. The second-order valence-electron chi connectivity index (χ2n) is 3.62. The Morgan fingerprint density at radius 1 is 1.56 bits per heavy atom. The number of rotatable bonds is 4. The maximum atomic E-state index is 2.43. The standard InChI is InChI=1S/C7H20Si2/c1-4-7(2,8)5-6-9-3/h4-6,9H2,1-3,8H3. The minimum atomic E-state index is 0.347. The van der Waals surface area contributed by atoms with E-state index in [9.17, 15) is 0 Å². The van der Waals surface area contributed by atoms with Gasteiger partial charge in [0.2, 0.25) is 0 Å². The molecule has 0 aromatic heterocycles. The van der Waals surface area contributed by atoms with Crippen LogP contribution in [0.15, 0.2) is 0 Å². The van der Waals surface area contributed by atoms with Gasteiger partial charge in [-0.2, -0.15) is 0 Å². The summed E-state index contributed by atoms with van der Waals surface area (Å²) in [4.78, 5) is 0. The molecule has 0 amide bonds. The SMILES string of the molecule is CCC(C)([SiH3])CC[SiH2]C. The highest BCUT2D eigenvalue weighted by molar-refractivity contribution is 6.33. The Kier molecular flexibility index (Phi) is 4.49. The van der Waals surface area contributed by atoms with Gasteiger partial charge in [-0.3, -0.25) is 0 Å². The van der Waals surface area contributed by atoms with Crippen LogP contribution in [0.1, 0.15) is 26.7 Å². The van der Waals surface area contributed by atoms with Gasteiger partial charge >= 0.3 is 0 Å². The molecule has 0 bridgehead atoms. The summed E-state index contributed by atoms with van der Waals surface area (Å²) < 4.78 is 0. The molecule has 1 unspecified atom stereocenters. The van der Waals surface area contributed by atoms with E-state index in [1.165, 1.54) is 23.1 Å². The maximum Gasteiger partial charge on any atom is 0.0166 e. The lowest BCUT2D eigenvalue weighted by Gasteiger charge is -2.21. The molecular weight excluding hydrogens is 140 g/mol. The van der Waals surface area contributed by atoms with Gasteiger partial charge in [0.1, 0.15) is 0 Å². The molecule has 0 fully saturated rings. The van der Waals surface area contributed by atoms with Crippen LogP contribution in [0.25, 0.3) is 0 Å². The average molecular weight is 160 g/mol. The molecule has 0 N–H and O–H groups in total. The molecule has 2 heteroatoms. The molecule has 0 aromatic carbocycles. The highest BCUT2D eigenvalue weighted by Crippen LogP contribution is 2.30. The molecule has 0 saturated heterocycles. The smallest absolute Gasteiger partial charge is 0.0166 e. The van der Waals surface area contributed by atoms with E-state index in [1.54, 1.807) is 6.04 Å². The van der Waals surface area contributed by atoms with Crippen LogP contribution in [0.2, 0.25) is 17.6 Å². The molecule has 0 aliphatic rings. The number of hydrogen-bond acceptors (Lipinski definition) is 0. The summed E-state index contributed by atoms with van der Waals surface area (Å²) in [6.07, 6.45) is 2.91. The van der Waals surface area contributed by atoms with E-state index in [-0.39, 0.29) is 0 Å². The summed E-state index contributed by atoms with van der Waals surface area (Å²) in [7, 11) is 1.73. The van der Waals surface area contributed by atoms with Crippen LogP contribution in [0, 0.1) is 0 Å². The summed E-state index contributed by atoms with van der Waals surface area (Å²) in [6.45, 7) is 7.17. The Bertz CT molecular complexity index is 69.3. The monoisotopic (exact) mass is 160 g/mol. The predicted molar refractivity (Wildman–Crippen MR) is 52.4 cm³/mol. The summed E-state index contributed by atoms with van der Waals surface area (Å²) >= 11 is 0. The van der Waals surface area contributed by atoms with E-state index in [0.717, 1.165) is 5.04 Å². The first-order chi connectivity index (χ1) is 4.12. The summed E-state index contributed by atoms with van der Waals surface area (Å²) in [5.74, 6) is 0. The van der Waals surface area contributed by atoms with E-state index in [0.29, 0.717) is 9.52 Å². The van der Waals surface area contributed by atoms with E-state index in [1.807, 2.05) is 0 Å². The van der Waals surface area contributed by atoms with Gasteiger partial charge in [0.15, 0.2) is 0 Å². The molecule has 0 radical (unpaired) electrons. The van der Waals surface area contributed by atoms with Gasteiger partial charge < -0.3 is 0 Å². The van der Waals surface area contributed by atoms with Crippen LogP contribution in [-0.2, 0) is 0 Å². The molecule has 0 heterocycles. The Morgan fingerprint density at radius 2 is 2.11 bits per heavy atom. The van der Waals surface area contributed by atoms with Crippen molar-refractivity contribution in [1.29, 1.82) is 0 Å². The Hall–Kier alpha value is 0.434. The zero-order valence-electron chi connectivity index (χ0n) is 7.33. The predicted octanol–water partition coefficient (Wildman–Crippen LogP) is 0.966. The minimum absolute atomic E-state index is 0.347. The van der Waals surface area contributed by atoms with Gasteiger partial charge in [0.25, 0.3) is 0 Å². The van der Waals surface area contributed by atoms with Crippen LogP contribution < -0.4 is 0 Å². The fourth-order valence-corrected chi connectivity index (χ4v) is 3.20. The Labute approximate surface area is 64.7 Å². The third-order valence-electron chi connectivity index (χ3n) is 2.16. The Morgan fingerprint density at radius 3 is 2.44 bits per heavy atom. The van der Waals surface area contributed by atoms with Gasteiger partial charge in [0.05, 0.1) is 0 Å². The van der Waals surface area contributed by atoms with Crippen LogP contribution in [0.4, 0.5) is 0 Å². The summed E-state index contributed by atoms with van der Waals surface area (Å²) in [5, 5.41) is 0.767. The van der Waals surface area contributed by atoms with Crippen LogP contribution in [-0.4, -0.2) is 19.8 Å². The molecule has 0 aliphatic carbocycles. The first kappa shape index (κ1) is 9.43. The molecule has 0 nitrogen and oxygen atoms in total. The fraction of sp³-hybridized carbons (Fsp3) is 1.00. The van der Waals surface area contributed by atoms with Gasteiger partial charge in [-0.05, 0) is 5.04 Å². The molecule has 0 rings (SSSR count). The molecule has 0 saturated carbocycles. The zero-order chi connectivity index (χ0) is 7.33. The van der Waals surface area contributed by atoms with Crippen molar-refractivity contribution in [2.24, 2.45) is 0 Å². The lowest BCUT2D eigenvalue weighted by atomic mass is 10.1. The summed E-state index contributed by atoms with van der Waals surface area (Å²) in [5.41, 5.74) is 0. The van der Waals surface area contributed by atoms with E-state index < -0.39 is 0 Å². The minimum Gasteiger partial charge on any atom is -0.0748 e. The largest absolute Gasteiger partial charge is 0.0748 e. The molecular formula is C7H20Si2. The lowest BCUT2D eigenvalue weighted by Crippen LogP contribution is -2.06. The molecule has 0 spiro atoms. The maximum absolute atomic E-state index is 2.43. The summed E-state index contributed by atoms with van der Waals surface area (Å²) in [6, 6.07) is 1.56. The van der Waals surface area contributed by atoms with Crippen LogP contribution in [0.5, 0.6) is 0 Å². The second-order valence-corrected chi connectivity index (χ2v) is 7.74. The zero-order valence-corrected chi connectivity index (χ0v) is 10.7. The molecule has 0 aromatic rings. The molecule has 1 atom stereocenters. The average Bonchev–Trinajstić information content (AvgIpc) is 1.84. The third-order valence-corrected chi connectivity index (χ3v) is 4.43. The van der Waals surface area contributed by atoms with Gasteiger partial charge in [0, 0.05) is 19.8 Å². The fourth-order valence-electron chi connectivity index (χ4n) is 0.832. The van der Waals surface area contributed by atoms with Gasteiger partial charge in [-0.1, -0.05) is 39.3 Å². The molecule has 9 heavy (non-hydrogen) atoms. The molecule has 56 valence electrons. The Balaban J connectivity index is 3.33. The van der Waals surface area contributed by atoms with Crippen molar-refractivity contribution in [3.05, 3.63) is 0 Å². The number of hydrogen-bond donors (Lipinski definition) is 0. The topological polar surface area (TPSA) is 0 Å². The highest BCUT2D eigenvalue weighted by Gasteiger charge is 2.12. The van der Waals surface area contributed by atoms with Crippen molar-refractivity contribution in [2.45, 2.75) is 44.3 Å². The first-order valence-corrected chi connectivity index (χ1v) is 7.54. The van der Waals surface area contributed by atoms with E-state index in [2.05, 4.69) is 20.4 Å². The van der Waals surface area contributed by atoms with Crippen molar-refractivity contribution < 1.29 is 0 Å². The van der Waals surface area contributed by atoms with E-state index in [4.69, 9.17) is 0 Å². The van der Waals surface area contributed by atoms with Crippen LogP contribution in [0.3, 0.4) is 0 Å². The van der Waals surface area contributed by atoms with Gasteiger partial charge in [-0.15, -0.1) is 0 Å². The van der Waals surface area contributed by atoms with Crippen molar-refractivity contribution in [3.63, 3.8) is 0 Å². The highest BCUT2D eigenvalue weighted by atomic mass is 28.2. The second kappa shape index (κ2) is 4.28. The molecule has 0 aliphatic heterocycles.